The van der Waals surface area contributed by atoms with Crippen molar-refractivity contribution in [1.29, 1.82) is 0 Å². The van der Waals surface area contributed by atoms with Crippen molar-refractivity contribution in [2.75, 3.05) is 26.7 Å². The maximum atomic E-state index is 4.55. The molecule has 1 saturated heterocycles. The maximum absolute atomic E-state index is 4.55. The summed E-state index contributed by atoms with van der Waals surface area (Å²) in [6, 6.07) is 8.46. The average Bonchev–Trinajstić information content (AvgIpc) is 2.96. The van der Waals surface area contributed by atoms with Crippen LogP contribution in [0.1, 0.15) is 35.9 Å². The zero-order valence-electron chi connectivity index (χ0n) is 15.2. The van der Waals surface area contributed by atoms with Crippen LogP contribution in [0.3, 0.4) is 0 Å². The molecule has 2 aromatic heterocycles. The Morgan fingerprint density at radius 2 is 2.00 bits per heavy atom. The van der Waals surface area contributed by atoms with Crippen LogP contribution in [-0.4, -0.2) is 41.5 Å². The Bertz CT molecular complexity index is 629. The van der Waals surface area contributed by atoms with Crippen LogP contribution in [0.2, 0.25) is 0 Å². The third-order valence-corrected chi connectivity index (χ3v) is 6.25. The van der Waals surface area contributed by atoms with E-state index in [0.717, 1.165) is 19.6 Å². The van der Waals surface area contributed by atoms with E-state index in [-0.39, 0.29) is 0 Å². The van der Waals surface area contributed by atoms with Crippen LogP contribution in [0.5, 0.6) is 0 Å². The molecule has 3 rings (SSSR count). The quantitative estimate of drug-likeness (QED) is 0.784. The van der Waals surface area contributed by atoms with E-state index in [9.17, 15) is 0 Å². The second kappa shape index (κ2) is 7.77. The molecule has 0 amide bonds. The van der Waals surface area contributed by atoms with Crippen molar-refractivity contribution in [3.8, 4) is 0 Å². The highest BCUT2D eigenvalue weighted by molar-refractivity contribution is 7.10. The molecule has 0 spiro atoms. The Kier molecular flexibility index (Phi) is 5.69. The lowest BCUT2D eigenvalue weighted by molar-refractivity contribution is 0.0792. The van der Waals surface area contributed by atoms with E-state index < -0.39 is 0 Å². The summed E-state index contributed by atoms with van der Waals surface area (Å²) in [5.74, 6) is 0. The van der Waals surface area contributed by atoms with E-state index >= 15 is 0 Å². The van der Waals surface area contributed by atoms with Gasteiger partial charge in [0.2, 0.25) is 0 Å². The van der Waals surface area contributed by atoms with Crippen LogP contribution >= 0.6 is 11.3 Å². The molecule has 3 nitrogen and oxygen atoms in total. The molecular formula is C20H29N3S. The topological polar surface area (TPSA) is 19.4 Å². The minimum absolute atomic E-state index is 0.409. The molecule has 4 heteroatoms. The van der Waals surface area contributed by atoms with Crippen LogP contribution in [0.15, 0.2) is 35.8 Å². The van der Waals surface area contributed by atoms with Gasteiger partial charge in [-0.3, -0.25) is 9.88 Å². The molecule has 130 valence electrons. The van der Waals surface area contributed by atoms with E-state index in [2.05, 4.69) is 59.3 Å². The first-order chi connectivity index (χ1) is 11.5. The van der Waals surface area contributed by atoms with Crippen molar-refractivity contribution in [3.63, 3.8) is 0 Å². The Balaban J connectivity index is 1.72. The van der Waals surface area contributed by atoms with Gasteiger partial charge in [-0.25, -0.2) is 0 Å². The number of thiophene rings is 1. The number of piperidine rings is 1. The van der Waals surface area contributed by atoms with Gasteiger partial charge in [0.1, 0.15) is 0 Å². The van der Waals surface area contributed by atoms with E-state index in [4.69, 9.17) is 0 Å². The lowest BCUT2D eigenvalue weighted by Crippen LogP contribution is -2.43. The highest BCUT2D eigenvalue weighted by atomic mass is 32.1. The Morgan fingerprint density at radius 3 is 2.62 bits per heavy atom. The molecule has 0 bridgehead atoms. The Morgan fingerprint density at radius 1 is 1.21 bits per heavy atom. The van der Waals surface area contributed by atoms with E-state index in [1.54, 1.807) is 0 Å². The lowest BCUT2D eigenvalue weighted by Gasteiger charge is -2.41. The molecule has 0 N–H and O–H groups in total. The summed E-state index contributed by atoms with van der Waals surface area (Å²) in [6.07, 6.45) is 4.47. The van der Waals surface area contributed by atoms with E-state index in [1.165, 1.54) is 42.1 Å². The molecule has 24 heavy (non-hydrogen) atoms. The van der Waals surface area contributed by atoms with Gasteiger partial charge < -0.3 is 4.90 Å². The molecule has 0 aliphatic carbocycles. The average molecular weight is 344 g/mol. The second-order valence-corrected chi connectivity index (χ2v) is 8.61. The number of nitrogens with zero attached hydrogens (tertiary/aromatic N) is 3. The fourth-order valence-electron chi connectivity index (χ4n) is 3.51. The number of aryl methyl sites for hydroxylation is 1. The predicted octanol–water partition coefficient (Wildman–Crippen LogP) is 4.19. The van der Waals surface area contributed by atoms with E-state index in [0.29, 0.717) is 5.41 Å². The van der Waals surface area contributed by atoms with Crippen molar-refractivity contribution in [2.45, 2.75) is 39.8 Å². The minimum Gasteiger partial charge on any atom is -0.306 e. The first-order valence-corrected chi connectivity index (χ1v) is 9.76. The number of aromatic nitrogens is 1. The van der Waals surface area contributed by atoms with Crippen LogP contribution < -0.4 is 0 Å². The van der Waals surface area contributed by atoms with Crippen LogP contribution in [0, 0.1) is 12.3 Å². The van der Waals surface area contributed by atoms with Gasteiger partial charge in [0.25, 0.3) is 0 Å². The summed E-state index contributed by atoms with van der Waals surface area (Å²) in [6.45, 7) is 10.2. The monoisotopic (exact) mass is 343 g/mol. The van der Waals surface area contributed by atoms with Gasteiger partial charge in [0.05, 0.1) is 5.69 Å². The summed E-state index contributed by atoms with van der Waals surface area (Å²) in [5, 5.41) is 2.21. The first-order valence-electron chi connectivity index (χ1n) is 8.88. The van der Waals surface area contributed by atoms with Gasteiger partial charge in [-0.15, -0.1) is 11.3 Å². The Labute approximate surface area is 150 Å². The lowest BCUT2D eigenvalue weighted by atomic mass is 9.80. The Hall–Kier alpha value is -1.23. The van der Waals surface area contributed by atoms with Crippen molar-refractivity contribution in [3.05, 3.63) is 52.0 Å². The molecule has 0 atom stereocenters. The summed E-state index contributed by atoms with van der Waals surface area (Å²) in [7, 11) is 2.24. The molecule has 0 aromatic carbocycles. The van der Waals surface area contributed by atoms with Crippen molar-refractivity contribution >= 4 is 11.3 Å². The normalized spacial score (nSPS) is 18.2. The standard InChI is InChI=1S/C20H29N3S/c1-17-7-13-24-19(17)15-23(14-18-6-4-5-10-21-18)16-20(2)8-11-22(3)12-9-20/h4-7,10,13H,8-9,11-12,14-16H2,1-3H3. The zero-order chi connectivity index (χ0) is 17.0. The smallest absolute Gasteiger partial charge is 0.0544 e. The maximum Gasteiger partial charge on any atom is 0.0544 e. The van der Waals surface area contributed by atoms with Gasteiger partial charge in [0, 0.05) is 30.7 Å². The molecule has 0 radical (unpaired) electrons. The van der Waals surface area contributed by atoms with Gasteiger partial charge in [0.15, 0.2) is 0 Å². The SMILES string of the molecule is Cc1ccsc1CN(Cc1ccccn1)CC1(C)CCN(C)CC1. The molecule has 1 aliphatic heterocycles. The summed E-state index contributed by atoms with van der Waals surface area (Å²) < 4.78 is 0. The van der Waals surface area contributed by atoms with Crippen molar-refractivity contribution < 1.29 is 0 Å². The number of hydrogen-bond acceptors (Lipinski definition) is 4. The fraction of sp³-hybridized carbons (Fsp3) is 0.550. The highest BCUT2D eigenvalue weighted by Crippen LogP contribution is 2.32. The number of hydrogen-bond donors (Lipinski definition) is 0. The van der Waals surface area contributed by atoms with E-state index in [1.807, 2.05) is 23.6 Å². The van der Waals surface area contributed by atoms with Crippen LogP contribution in [0.25, 0.3) is 0 Å². The van der Waals surface area contributed by atoms with Crippen molar-refractivity contribution in [2.24, 2.45) is 5.41 Å². The van der Waals surface area contributed by atoms with Crippen molar-refractivity contribution in [1.82, 2.24) is 14.8 Å². The number of pyridine rings is 1. The fourth-order valence-corrected chi connectivity index (χ4v) is 4.46. The number of likely N-dealkylation sites (tertiary alicyclic amines) is 1. The molecule has 3 heterocycles. The second-order valence-electron chi connectivity index (χ2n) is 7.61. The highest BCUT2D eigenvalue weighted by Gasteiger charge is 2.31. The van der Waals surface area contributed by atoms with Crippen LogP contribution in [-0.2, 0) is 13.1 Å². The molecule has 0 unspecified atom stereocenters. The van der Waals surface area contributed by atoms with Gasteiger partial charge in [-0.1, -0.05) is 13.0 Å². The third kappa shape index (κ3) is 4.65. The zero-order valence-corrected chi connectivity index (χ0v) is 16.0. The van der Waals surface area contributed by atoms with Crippen LogP contribution in [0.4, 0.5) is 0 Å². The molecule has 2 aromatic rings. The summed E-state index contributed by atoms with van der Waals surface area (Å²) >= 11 is 1.88. The largest absolute Gasteiger partial charge is 0.306 e. The third-order valence-electron chi connectivity index (χ3n) is 5.25. The molecule has 1 aliphatic rings. The molecule has 1 fully saturated rings. The molecule has 0 saturated carbocycles. The predicted molar refractivity (Wildman–Crippen MR) is 102 cm³/mol. The minimum atomic E-state index is 0.409. The molecular weight excluding hydrogens is 314 g/mol. The first kappa shape index (κ1) is 17.6. The summed E-state index contributed by atoms with van der Waals surface area (Å²) in [5.41, 5.74) is 3.00. The van der Waals surface area contributed by atoms with Gasteiger partial charge in [-0.05, 0) is 74.5 Å². The summed E-state index contributed by atoms with van der Waals surface area (Å²) in [4.78, 5) is 11.1. The van der Waals surface area contributed by atoms with Gasteiger partial charge in [-0.2, -0.15) is 0 Å². The number of rotatable bonds is 6. The van der Waals surface area contributed by atoms with Gasteiger partial charge >= 0.3 is 0 Å².